The second kappa shape index (κ2) is 6.83. The molecule has 0 bridgehead atoms. The van der Waals surface area contributed by atoms with Crippen molar-refractivity contribution in [2.75, 3.05) is 12.4 Å². The predicted octanol–water partition coefficient (Wildman–Crippen LogP) is 5.03. The molecule has 0 radical (unpaired) electrons. The third-order valence-corrected chi connectivity index (χ3v) is 5.02. The van der Waals surface area contributed by atoms with Crippen molar-refractivity contribution in [3.8, 4) is 5.75 Å². The molecule has 5 aromatic rings. The first-order valence-corrected chi connectivity index (χ1v) is 9.22. The SMILES string of the molecule is COc1cccc2[nH]cc(C(=O)c3ccccc3Nc3ccc4cn[nH]c4c3)c12. The van der Waals surface area contributed by atoms with Crippen molar-refractivity contribution in [2.45, 2.75) is 0 Å². The molecule has 2 heterocycles. The highest BCUT2D eigenvalue weighted by Crippen LogP contribution is 2.32. The molecule has 0 aliphatic rings. The molecule has 0 aliphatic heterocycles. The van der Waals surface area contributed by atoms with Crippen molar-refractivity contribution in [2.24, 2.45) is 0 Å². The lowest BCUT2D eigenvalue weighted by atomic mass is 10.0. The Balaban J connectivity index is 1.56. The topological polar surface area (TPSA) is 82.8 Å². The molecule has 0 aliphatic carbocycles. The number of anilines is 2. The molecule has 0 atom stereocenters. The molecular formula is C23H18N4O2. The van der Waals surface area contributed by atoms with Crippen LogP contribution in [-0.2, 0) is 0 Å². The lowest BCUT2D eigenvalue weighted by Crippen LogP contribution is -2.05. The zero-order valence-corrected chi connectivity index (χ0v) is 15.7. The van der Waals surface area contributed by atoms with E-state index in [2.05, 4.69) is 20.5 Å². The fourth-order valence-electron chi connectivity index (χ4n) is 3.61. The van der Waals surface area contributed by atoms with Crippen LogP contribution in [0.4, 0.5) is 11.4 Å². The second-order valence-electron chi connectivity index (χ2n) is 6.76. The summed E-state index contributed by atoms with van der Waals surface area (Å²) in [6, 6.07) is 19.1. The van der Waals surface area contributed by atoms with Gasteiger partial charge >= 0.3 is 0 Å². The number of hydrogen-bond donors (Lipinski definition) is 3. The van der Waals surface area contributed by atoms with Gasteiger partial charge in [-0.2, -0.15) is 5.10 Å². The second-order valence-corrected chi connectivity index (χ2v) is 6.76. The molecule has 29 heavy (non-hydrogen) atoms. The van der Waals surface area contributed by atoms with E-state index in [1.165, 1.54) is 0 Å². The number of nitrogens with zero attached hydrogens (tertiary/aromatic N) is 1. The van der Waals surface area contributed by atoms with Gasteiger partial charge in [-0.1, -0.05) is 18.2 Å². The summed E-state index contributed by atoms with van der Waals surface area (Å²) in [5.41, 5.74) is 4.57. The van der Waals surface area contributed by atoms with Crippen LogP contribution >= 0.6 is 0 Å². The third-order valence-electron chi connectivity index (χ3n) is 5.02. The fraction of sp³-hybridized carbons (Fsp3) is 0.0435. The number of ether oxygens (including phenoxy) is 1. The Labute approximate surface area is 166 Å². The van der Waals surface area contributed by atoms with Gasteiger partial charge in [-0.3, -0.25) is 9.89 Å². The minimum absolute atomic E-state index is 0.0773. The molecule has 0 saturated carbocycles. The summed E-state index contributed by atoms with van der Waals surface area (Å²) in [7, 11) is 1.61. The summed E-state index contributed by atoms with van der Waals surface area (Å²) in [5.74, 6) is 0.591. The monoisotopic (exact) mass is 382 g/mol. The third kappa shape index (κ3) is 2.91. The first kappa shape index (κ1) is 17.1. The first-order valence-electron chi connectivity index (χ1n) is 9.22. The highest BCUT2D eigenvalue weighted by Gasteiger charge is 2.19. The summed E-state index contributed by atoms with van der Waals surface area (Å²) in [5, 5.41) is 12.2. The molecule has 0 spiro atoms. The lowest BCUT2D eigenvalue weighted by molar-refractivity contribution is 0.104. The standard InChI is InChI=1S/C23H18N4O2/c1-29-21-8-4-7-19-22(21)17(13-24-19)23(28)16-5-2-3-6-18(16)26-15-10-9-14-12-25-27-20(14)11-15/h2-13,24,26H,1H3,(H,25,27). The van der Waals surface area contributed by atoms with Gasteiger partial charge in [0.2, 0.25) is 0 Å². The number of methoxy groups -OCH3 is 1. The van der Waals surface area contributed by atoms with E-state index in [1.54, 1.807) is 19.5 Å². The van der Waals surface area contributed by atoms with Crippen molar-refractivity contribution in [3.05, 3.63) is 84.2 Å². The van der Waals surface area contributed by atoms with Crippen molar-refractivity contribution < 1.29 is 9.53 Å². The largest absolute Gasteiger partial charge is 0.496 e. The zero-order chi connectivity index (χ0) is 19.8. The molecule has 0 amide bonds. The average Bonchev–Trinajstić information content (AvgIpc) is 3.40. The van der Waals surface area contributed by atoms with Gasteiger partial charge in [0.25, 0.3) is 0 Å². The number of ketones is 1. The highest BCUT2D eigenvalue weighted by molar-refractivity contribution is 6.19. The number of aromatic nitrogens is 3. The Hall–Kier alpha value is -4.06. The lowest BCUT2D eigenvalue weighted by Gasteiger charge is -2.12. The van der Waals surface area contributed by atoms with E-state index < -0.39 is 0 Å². The number of para-hydroxylation sites is 1. The van der Waals surface area contributed by atoms with Crippen LogP contribution in [0.5, 0.6) is 5.75 Å². The number of hydrogen-bond acceptors (Lipinski definition) is 4. The number of carbonyl (C=O) groups is 1. The Kier molecular flexibility index (Phi) is 4.02. The van der Waals surface area contributed by atoms with E-state index in [4.69, 9.17) is 4.74 Å². The predicted molar refractivity (Wildman–Crippen MR) is 114 cm³/mol. The summed E-state index contributed by atoms with van der Waals surface area (Å²) < 4.78 is 5.47. The van der Waals surface area contributed by atoms with Crippen molar-refractivity contribution >= 4 is 39.0 Å². The minimum atomic E-state index is -0.0773. The number of fused-ring (bicyclic) bond motifs is 2. The van der Waals surface area contributed by atoms with Gasteiger partial charge in [0.1, 0.15) is 5.75 Å². The molecular weight excluding hydrogens is 364 g/mol. The van der Waals surface area contributed by atoms with E-state index in [1.807, 2.05) is 60.7 Å². The molecule has 6 nitrogen and oxygen atoms in total. The van der Waals surface area contributed by atoms with Gasteiger partial charge in [0, 0.05) is 34.0 Å². The number of benzene rings is 3. The van der Waals surface area contributed by atoms with Crippen LogP contribution in [0.3, 0.4) is 0 Å². The molecule has 3 N–H and O–H groups in total. The van der Waals surface area contributed by atoms with Crippen LogP contribution in [0.2, 0.25) is 0 Å². The Bertz CT molecular complexity index is 1350. The van der Waals surface area contributed by atoms with Gasteiger partial charge in [0.15, 0.2) is 5.78 Å². The van der Waals surface area contributed by atoms with Gasteiger partial charge in [-0.25, -0.2) is 0 Å². The van der Waals surface area contributed by atoms with Crippen LogP contribution < -0.4 is 10.1 Å². The molecule has 142 valence electrons. The van der Waals surface area contributed by atoms with Crippen LogP contribution in [0, 0.1) is 0 Å². The molecule has 0 fully saturated rings. The quantitative estimate of drug-likeness (QED) is 0.372. The summed E-state index contributed by atoms with van der Waals surface area (Å²) in [4.78, 5) is 16.6. The smallest absolute Gasteiger partial charge is 0.197 e. The summed E-state index contributed by atoms with van der Waals surface area (Å²) >= 11 is 0. The number of aromatic amines is 2. The van der Waals surface area contributed by atoms with Crippen LogP contribution in [0.25, 0.3) is 21.8 Å². The average molecular weight is 382 g/mol. The van der Waals surface area contributed by atoms with Gasteiger partial charge in [-0.05, 0) is 42.5 Å². The first-order chi connectivity index (χ1) is 14.2. The number of carbonyl (C=O) groups excluding carboxylic acids is 1. The van der Waals surface area contributed by atoms with Crippen molar-refractivity contribution in [1.82, 2.24) is 15.2 Å². The maximum atomic E-state index is 13.4. The van der Waals surface area contributed by atoms with Crippen LogP contribution in [-0.4, -0.2) is 28.1 Å². The Morgan fingerprint density at radius 3 is 2.79 bits per heavy atom. The van der Waals surface area contributed by atoms with Gasteiger partial charge < -0.3 is 15.0 Å². The summed E-state index contributed by atoms with van der Waals surface area (Å²) in [6.07, 6.45) is 3.52. The molecule has 0 saturated heterocycles. The summed E-state index contributed by atoms with van der Waals surface area (Å²) in [6.45, 7) is 0. The van der Waals surface area contributed by atoms with Crippen molar-refractivity contribution in [3.63, 3.8) is 0 Å². The molecule has 3 aromatic carbocycles. The Morgan fingerprint density at radius 2 is 1.90 bits per heavy atom. The normalized spacial score (nSPS) is 11.1. The maximum absolute atomic E-state index is 13.4. The fourth-order valence-corrected chi connectivity index (χ4v) is 3.61. The molecule has 2 aromatic heterocycles. The van der Waals surface area contributed by atoms with Gasteiger partial charge in [-0.15, -0.1) is 0 Å². The molecule has 0 unspecified atom stereocenters. The Morgan fingerprint density at radius 1 is 1.00 bits per heavy atom. The minimum Gasteiger partial charge on any atom is -0.496 e. The molecule has 5 rings (SSSR count). The van der Waals surface area contributed by atoms with Crippen LogP contribution in [0.15, 0.2) is 73.1 Å². The number of H-pyrrole nitrogens is 2. The zero-order valence-electron chi connectivity index (χ0n) is 15.7. The van der Waals surface area contributed by atoms with E-state index in [-0.39, 0.29) is 5.78 Å². The number of rotatable bonds is 5. The van der Waals surface area contributed by atoms with E-state index in [0.717, 1.165) is 33.2 Å². The van der Waals surface area contributed by atoms with E-state index >= 15 is 0 Å². The van der Waals surface area contributed by atoms with E-state index in [0.29, 0.717) is 16.9 Å². The van der Waals surface area contributed by atoms with E-state index in [9.17, 15) is 4.79 Å². The maximum Gasteiger partial charge on any atom is 0.197 e. The molecule has 6 heteroatoms. The van der Waals surface area contributed by atoms with Gasteiger partial charge in [0.05, 0.1) is 29.8 Å². The number of nitrogens with one attached hydrogen (secondary N) is 3. The highest BCUT2D eigenvalue weighted by atomic mass is 16.5. The van der Waals surface area contributed by atoms with Crippen LogP contribution in [0.1, 0.15) is 15.9 Å². The van der Waals surface area contributed by atoms with Crippen molar-refractivity contribution in [1.29, 1.82) is 0 Å².